The second-order valence-corrected chi connectivity index (χ2v) is 5.83. The van der Waals surface area contributed by atoms with Crippen molar-refractivity contribution in [2.24, 2.45) is 0 Å². The number of carbonyl (C=O) groups excluding carboxylic acids is 1. The van der Waals surface area contributed by atoms with E-state index in [9.17, 15) is 18.0 Å². The highest BCUT2D eigenvalue weighted by Crippen LogP contribution is 2.31. The molecule has 0 radical (unpaired) electrons. The molecule has 0 fully saturated rings. The van der Waals surface area contributed by atoms with Crippen LogP contribution in [0.1, 0.15) is 27.2 Å². The van der Waals surface area contributed by atoms with Gasteiger partial charge in [-0.15, -0.1) is 0 Å². The van der Waals surface area contributed by atoms with Gasteiger partial charge >= 0.3 is 12.1 Å². The van der Waals surface area contributed by atoms with Gasteiger partial charge in [-0.05, 0) is 29.8 Å². The minimum atomic E-state index is -4.88. The van der Waals surface area contributed by atoms with E-state index in [1.165, 1.54) is 24.3 Å². The molecule has 1 heterocycles. The first-order chi connectivity index (χ1) is 13.9. The van der Waals surface area contributed by atoms with Crippen LogP contribution in [-0.2, 0) is 17.5 Å². The molecule has 6 nitrogen and oxygen atoms in total. The largest absolute Gasteiger partial charge is 0.457 e. The molecule has 29 heavy (non-hydrogen) atoms. The Bertz CT molecular complexity index is 1050. The second-order valence-electron chi connectivity index (χ2n) is 5.83. The van der Waals surface area contributed by atoms with Crippen molar-refractivity contribution in [1.29, 1.82) is 5.26 Å². The Kier molecular flexibility index (Phi) is 5.74. The molecule has 9 heteroatoms. The summed E-state index contributed by atoms with van der Waals surface area (Å²) in [6.07, 6.45) is -4.11. The van der Waals surface area contributed by atoms with Crippen LogP contribution in [0.15, 0.2) is 60.8 Å². The normalized spacial score (nSPS) is 10.8. The molecule has 3 rings (SSSR count). The third kappa shape index (κ3) is 5.07. The summed E-state index contributed by atoms with van der Waals surface area (Å²) >= 11 is 0. The Balaban J connectivity index is 1.82. The summed E-state index contributed by atoms with van der Waals surface area (Å²) in [5.74, 6) is -1.52. The summed E-state index contributed by atoms with van der Waals surface area (Å²) in [6.45, 7) is -0.178. The Morgan fingerprint density at radius 2 is 1.79 bits per heavy atom. The number of nitrogens with one attached hydrogen (secondary N) is 1. The Morgan fingerprint density at radius 1 is 1.10 bits per heavy atom. The number of alkyl halides is 3. The van der Waals surface area contributed by atoms with Crippen LogP contribution in [0.5, 0.6) is 0 Å². The number of esters is 1. The summed E-state index contributed by atoms with van der Waals surface area (Å²) < 4.78 is 45.2. The van der Waals surface area contributed by atoms with E-state index < -0.39 is 23.4 Å². The van der Waals surface area contributed by atoms with Gasteiger partial charge in [0, 0.05) is 11.9 Å². The maximum Gasteiger partial charge on any atom is 0.434 e. The van der Waals surface area contributed by atoms with Crippen molar-refractivity contribution in [1.82, 2.24) is 9.97 Å². The Hall–Kier alpha value is -3.93. The minimum Gasteiger partial charge on any atom is -0.457 e. The van der Waals surface area contributed by atoms with E-state index >= 15 is 0 Å². The predicted octanol–water partition coefficient (Wildman–Crippen LogP) is 4.47. The monoisotopic (exact) mass is 398 g/mol. The Morgan fingerprint density at radius 3 is 2.41 bits per heavy atom. The molecule has 0 saturated carbocycles. The molecule has 3 aromatic rings. The number of ether oxygens (including phenoxy) is 1. The van der Waals surface area contributed by atoms with E-state index in [0.717, 1.165) is 6.20 Å². The number of anilines is 2. The fraction of sp³-hybridized carbons (Fsp3) is 0.100. The lowest BCUT2D eigenvalue weighted by molar-refractivity contribution is -0.141. The van der Waals surface area contributed by atoms with Crippen molar-refractivity contribution in [3.8, 4) is 6.07 Å². The van der Waals surface area contributed by atoms with Crippen LogP contribution >= 0.6 is 0 Å². The van der Waals surface area contributed by atoms with Gasteiger partial charge in [0.05, 0.1) is 11.6 Å². The third-order valence-corrected chi connectivity index (χ3v) is 3.76. The highest BCUT2D eigenvalue weighted by Gasteiger charge is 2.38. The van der Waals surface area contributed by atoms with E-state index in [1.807, 2.05) is 6.07 Å². The third-order valence-electron chi connectivity index (χ3n) is 3.76. The second kappa shape index (κ2) is 8.39. The van der Waals surface area contributed by atoms with Crippen molar-refractivity contribution in [3.63, 3.8) is 0 Å². The maximum absolute atomic E-state index is 13.4. The van der Waals surface area contributed by atoms with Crippen LogP contribution in [0.4, 0.5) is 24.8 Å². The van der Waals surface area contributed by atoms with Crippen LogP contribution < -0.4 is 5.32 Å². The van der Waals surface area contributed by atoms with E-state index in [4.69, 9.17) is 10.00 Å². The van der Waals surface area contributed by atoms with Crippen LogP contribution in [0.25, 0.3) is 0 Å². The number of nitriles is 1. The van der Waals surface area contributed by atoms with Gasteiger partial charge in [-0.2, -0.15) is 18.4 Å². The number of carbonyl (C=O) groups is 1. The molecule has 0 atom stereocenters. The highest BCUT2D eigenvalue weighted by atomic mass is 19.4. The quantitative estimate of drug-likeness (QED) is 0.638. The van der Waals surface area contributed by atoms with Gasteiger partial charge in [0.15, 0.2) is 5.69 Å². The fourth-order valence-electron chi connectivity index (χ4n) is 2.37. The number of halogens is 3. The molecule has 1 aromatic heterocycles. The molecule has 0 aliphatic carbocycles. The Labute approximate surface area is 163 Å². The molecule has 0 spiro atoms. The lowest BCUT2D eigenvalue weighted by Gasteiger charge is -2.13. The van der Waals surface area contributed by atoms with Crippen molar-refractivity contribution in [2.45, 2.75) is 12.8 Å². The molecule has 0 aliphatic heterocycles. The molecular formula is C20H13F3N4O2. The average Bonchev–Trinajstić information content (AvgIpc) is 2.72. The van der Waals surface area contributed by atoms with Crippen molar-refractivity contribution >= 4 is 17.6 Å². The lowest BCUT2D eigenvalue weighted by Crippen LogP contribution is -2.19. The van der Waals surface area contributed by atoms with Gasteiger partial charge in [0.2, 0.25) is 5.95 Å². The van der Waals surface area contributed by atoms with E-state index in [1.54, 1.807) is 30.3 Å². The van der Waals surface area contributed by atoms with E-state index in [-0.39, 0.29) is 12.6 Å². The molecule has 0 unspecified atom stereocenters. The molecule has 0 amide bonds. The molecule has 1 N–H and O–H groups in total. The average molecular weight is 398 g/mol. The molecule has 0 bridgehead atoms. The van der Waals surface area contributed by atoms with Gasteiger partial charge in [0.25, 0.3) is 0 Å². The van der Waals surface area contributed by atoms with Crippen LogP contribution in [-0.4, -0.2) is 15.9 Å². The van der Waals surface area contributed by atoms with Crippen LogP contribution in [0.3, 0.4) is 0 Å². The first kappa shape index (κ1) is 19.8. The number of aromatic nitrogens is 2. The highest BCUT2D eigenvalue weighted by molar-refractivity contribution is 5.90. The number of rotatable bonds is 5. The van der Waals surface area contributed by atoms with Crippen molar-refractivity contribution in [3.05, 3.63) is 83.2 Å². The molecular weight excluding hydrogens is 385 g/mol. The summed E-state index contributed by atoms with van der Waals surface area (Å²) in [5, 5.41) is 11.4. The SMILES string of the molecule is N#Cc1ccc(Nc2ncc(C(=O)OCc3ccccc3)c(C(F)(F)F)n2)cc1. The smallest absolute Gasteiger partial charge is 0.434 e. The zero-order valence-electron chi connectivity index (χ0n) is 14.8. The van der Waals surface area contributed by atoms with E-state index in [2.05, 4.69) is 15.3 Å². The maximum atomic E-state index is 13.4. The predicted molar refractivity (Wildman–Crippen MR) is 97.0 cm³/mol. The van der Waals surface area contributed by atoms with Gasteiger partial charge in [-0.25, -0.2) is 14.8 Å². The number of benzene rings is 2. The molecule has 0 aliphatic rings. The fourth-order valence-corrected chi connectivity index (χ4v) is 2.37. The van der Waals surface area contributed by atoms with Crippen molar-refractivity contribution < 1.29 is 22.7 Å². The zero-order chi connectivity index (χ0) is 20.9. The number of nitrogens with zero attached hydrogens (tertiary/aromatic N) is 3. The number of hydrogen-bond acceptors (Lipinski definition) is 6. The summed E-state index contributed by atoms with van der Waals surface area (Å²) in [4.78, 5) is 19.4. The zero-order valence-corrected chi connectivity index (χ0v) is 14.8. The molecule has 0 saturated heterocycles. The van der Waals surface area contributed by atoms with Crippen LogP contribution in [0.2, 0.25) is 0 Å². The summed E-state index contributed by atoms with van der Waals surface area (Å²) in [5.41, 5.74) is -0.768. The number of hydrogen-bond donors (Lipinski definition) is 1. The van der Waals surface area contributed by atoms with Gasteiger partial charge in [-0.3, -0.25) is 0 Å². The summed E-state index contributed by atoms with van der Waals surface area (Å²) in [7, 11) is 0. The topological polar surface area (TPSA) is 87.9 Å². The molecule has 146 valence electrons. The minimum absolute atomic E-state index is 0.178. The van der Waals surface area contributed by atoms with Gasteiger partial charge < -0.3 is 10.1 Å². The lowest BCUT2D eigenvalue weighted by atomic mass is 10.2. The van der Waals surface area contributed by atoms with Gasteiger partial charge in [0.1, 0.15) is 12.2 Å². The van der Waals surface area contributed by atoms with Crippen molar-refractivity contribution in [2.75, 3.05) is 5.32 Å². The van der Waals surface area contributed by atoms with Crippen LogP contribution in [0, 0.1) is 11.3 Å². The first-order valence-corrected chi connectivity index (χ1v) is 8.29. The standard InChI is InChI=1S/C20H13F3N4O2/c21-20(22,23)17-16(18(28)29-12-14-4-2-1-3-5-14)11-25-19(27-17)26-15-8-6-13(10-24)7-9-15/h1-9,11H,12H2,(H,25,26,27). The summed E-state index contributed by atoms with van der Waals surface area (Å²) in [6, 6.07) is 16.5. The van der Waals surface area contributed by atoms with Gasteiger partial charge in [-0.1, -0.05) is 30.3 Å². The molecule has 2 aromatic carbocycles. The first-order valence-electron chi connectivity index (χ1n) is 8.29. The van der Waals surface area contributed by atoms with E-state index in [0.29, 0.717) is 16.8 Å².